The summed E-state index contributed by atoms with van der Waals surface area (Å²) < 4.78 is 15.8. The summed E-state index contributed by atoms with van der Waals surface area (Å²) in [6.07, 6.45) is 5.90. The van der Waals surface area contributed by atoms with Crippen LogP contribution in [0.1, 0.15) is 42.3 Å². The summed E-state index contributed by atoms with van der Waals surface area (Å²) in [5, 5.41) is 0. The molecule has 1 unspecified atom stereocenters. The van der Waals surface area contributed by atoms with Gasteiger partial charge < -0.3 is 18.8 Å². The van der Waals surface area contributed by atoms with Crippen LogP contribution in [-0.2, 0) is 9.53 Å². The van der Waals surface area contributed by atoms with Crippen LogP contribution in [-0.4, -0.2) is 43.6 Å². The highest BCUT2D eigenvalue weighted by molar-refractivity contribution is 5.92. The molecular weight excluding hydrogens is 370 g/mol. The molecule has 29 heavy (non-hydrogen) atoms. The van der Waals surface area contributed by atoms with Gasteiger partial charge in [0.05, 0.1) is 19.1 Å². The van der Waals surface area contributed by atoms with E-state index in [0.29, 0.717) is 32.5 Å². The summed E-state index contributed by atoms with van der Waals surface area (Å²) >= 11 is 0. The highest BCUT2D eigenvalue weighted by Crippen LogP contribution is 2.36. The molecule has 6 heteroatoms. The first kappa shape index (κ1) is 20.7. The average Bonchev–Trinajstić information content (AvgIpc) is 3.23. The van der Waals surface area contributed by atoms with Gasteiger partial charge in [-0.05, 0) is 37.8 Å². The number of carbonyl (C=O) groups excluding carboxylic acids is 2. The lowest BCUT2D eigenvalue weighted by atomic mass is 9.76. The molecule has 0 radical (unpaired) electrons. The first-order valence-corrected chi connectivity index (χ1v) is 9.90. The fourth-order valence-electron chi connectivity index (χ4n) is 3.69. The number of methoxy groups -OCH3 is 1. The number of carbonyl (C=O) groups is 2. The first-order valence-electron chi connectivity index (χ1n) is 9.90. The molecule has 1 fully saturated rings. The third-order valence-electron chi connectivity index (χ3n) is 5.18. The van der Waals surface area contributed by atoms with Gasteiger partial charge in [-0.3, -0.25) is 9.59 Å². The number of likely N-dealkylation sites (tertiary alicyclic amines) is 1. The molecule has 0 bridgehead atoms. The summed E-state index contributed by atoms with van der Waals surface area (Å²) in [5.41, 5.74) is 0.309. The Bertz CT molecular complexity index is 857. The van der Waals surface area contributed by atoms with Crippen molar-refractivity contribution in [3.05, 3.63) is 59.9 Å². The Balaban J connectivity index is 1.78. The van der Waals surface area contributed by atoms with Gasteiger partial charge in [0, 0.05) is 19.2 Å². The quantitative estimate of drug-likeness (QED) is 0.656. The molecule has 1 aliphatic heterocycles. The van der Waals surface area contributed by atoms with Crippen LogP contribution < -0.4 is 4.74 Å². The number of esters is 1. The van der Waals surface area contributed by atoms with Crippen LogP contribution in [0.15, 0.2) is 53.0 Å². The normalized spacial score (nSPS) is 19.3. The van der Waals surface area contributed by atoms with Crippen molar-refractivity contribution in [2.45, 2.75) is 26.2 Å². The number of hydrogen-bond donors (Lipinski definition) is 0. The topological polar surface area (TPSA) is 69.0 Å². The Morgan fingerprint density at radius 3 is 2.69 bits per heavy atom. The molecule has 1 amide bonds. The third kappa shape index (κ3) is 4.88. The van der Waals surface area contributed by atoms with Crippen LogP contribution in [0.2, 0.25) is 0 Å². The molecule has 6 nitrogen and oxygen atoms in total. The van der Waals surface area contributed by atoms with E-state index in [9.17, 15) is 9.59 Å². The van der Waals surface area contributed by atoms with Gasteiger partial charge >= 0.3 is 5.97 Å². The Morgan fingerprint density at radius 1 is 1.21 bits per heavy atom. The molecule has 0 saturated carbocycles. The van der Waals surface area contributed by atoms with E-state index in [0.717, 1.165) is 12.0 Å². The maximum atomic E-state index is 12.9. The van der Waals surface area contributed by atoms with Gasteiger partial charge in [-0.1, -0.05) is 42.5 Å². The van der Waals surface area contributed by atoms with Crippen molar-refractivity contribution in [2.24, 2.45) is 5.41 Å². The number of hydrogen-bond acceptors (Lipinski definition) is 5. The maximum absolute atomic E-state index is 12.9. The number of furan rings is 1. The van der Waals surface area contributed by atoms with E-state index in [1.807, 2.05) is 42.5 Å². The van der Waals surface area contributed by atoms with E-state index in [4.69, 9.17) is 13.9 Å². The Kier molecular flexibility index (Phi) is 6.75. The average molecular weight is 397 g/mol. The van der Waals surface area contributed by atoms with Gasteiger partial charge in [0.1, 0.15) is 0 Å². The zero-order chi connectivity index (χ0) is 20.7. The van der Waals surface area contributed by atoms with Gasteiger partial charge in [-0.25, -0.2) is 0 Å². The molecular formula is C23H27NO5. The smallest absolute Gasteiger partial charge is 0.314 e. The van der Waals surface area contributed by atoms with Crippen molar-refractivity contribution in [2.75, 3.05) is 26.8 Å². The van der Waals surface area contributed by atoms with Crippen LogP contribution >= 0.6 is 0 Å². The maximum Gasteiger partial charge on any atom is 0.314 e. The van der Waals surface area contributed by atoms with Gasteiger partial charge in [0.2, 0.25) is 0 Å². The molecule has 1 saturated heterocycles. The summed E-state index contributed by atoms with van der Waals surface area (Å²) in [5.74, 6) is -0.00454. The number of allylic oxidation sites excluding steroid dienone is 1. The monoisotopic (exact) mass is 397 g/mol. The van der Waals surface area contributed by atoms with Crippen molar-refractivity contribution in [3.8, 4) is 5.95 Å². The Labute approximate surface area is 171 Å². The van der Waals surface area contributed by atoms with Crippen molar-refractivity contribution >= 4 is 18.0 Å². The van der Waals surface area contributed by atoms with E-state index in [1.54, 1.807) is 24.0 Å². The lowest BCUT2D eigenvalue weighted by molar-refractivity contribution is -0.158. The standard InChI is InChI=1S/C23H27NO5/c1-3-28-22(26)23(14-7-11-18-9-5-4-6-10-18)15-8-16-24(17-23)21(25)19-12-13-20(27-2)29-19/h4-7,9-13H,3,8,14-17H2,1-2H3/b11-7+. The predicted molar refractivity (Wildman–Crippen MR) is 110 cm³/mol. The number of piperidine rings is 1. The predicted octanol–water partition coefficient (Wildman–Crippen LogP) is 4.18. The molecule has 0 N–H and O–H groups in total. The van der Waals surface area contributed by atoms with Crippen LogP contribution in [0, 0.1) is 5.41 Å². The van der Waals surface area contributed by atoms with E-state index >= 15 is 0 Å². The van der Waals surface area contributed by atoms with Gasteiger partial charge in [-0.2, -0.15) is 0 Å². The van der Waals surface area contributed by atoms with Crippen LogP contribution in [0.3, 0.4) is 0 Å². The minimum Gasteiger partial charge on any atom is -0.468 e. The van der Waals surface area contributed by atoms with Gasteiger partial charge in [-0.15, -0.1) is 0 Å². The molecule has 154 valence electrons. The molecule has 2 heterocycles. The molecule has 1 aliphatic rings. The number of amides is 1. The zero-order valence-corrected chi connectivity index (χ0v) is 16.9. The zero-order valence-electron chi connectivity index (χ0n) is 16.9. The molecule has 0 aliphatic carbocycles. The summed E-state index contributed by atoms with van der Waals surface area (Å²) in [6.45, 7) is 2.98. The van der Waals surface area contributed by atoms with E-state index < -0.39 is 5.41 Å². The number of nitrogens with zero attached hydrogens (tertiary/aromatic N) is 1. The summed E-state index contributed by atoms with van der Waals surface area (Å²) in [4.78, 5) is 27.5. The van der Waals surface area contributed by atoms with E-state index in [1.165, 1.54) is 7.11 Å². The molecule has 1 atom stereocenters. The lowest BCUT2D eigenvalue weighted by Gasteiger charge is -2.40. The molecule has 2 aromatic rings. The first-order chi connectivity index (χ1) is 14.1. The highest BCUT2D eigenvalue weighted by atomic mass is 16.6. The lowest BCUT2D eigenvalue weighted by Crippen LogP contribution is -2.50. The molecule has 1 aromatic carbocycles. The second-order valence-electron chi connectivity index (χ2n) is 7.17. The van der Waals surface area contributed by atoms with E-state index in [2.05, 4.69) is 0 Å². The highest BCUT2D eigenvalue weighted by Gasteiger charge is 2.44. The van der Waals surface area contributed by atoms with Crippen LogP contribution in [0.5, 0.6) is 5.95 Å². The fourth-order valence-corrected chi connectivity index (χ4v) is 3.69. The fraction of sp³-hybridized carbons (Fsp3) is 0.391. The summed E-state index contributed by atoms with van der Waals surface area (Å²) in [7, 11) is 1.48. The van der Waals surface area contributed by atoms with Crippen LogP contribution in [0.4, 0.5) is 0 Å². The van der Waals surface area contributed by atoms with Gasteiger partial charge in [0.15, 0.2) is 5.76 Å². The second-order valence-corrected chi connectivity index (χ2v) is 7.17. The number of benzene rings is 1. The van der Waals surface area contributed by atoms with Gasteiger partial charge in [0.25, 0.3) is 11.9 Å². The van der Waals surface area contributed by atoms with E-state index in [-0.39, 0.29) is 23.6 Å². The molecule has 1 aromatic heterocycles. The Morgan fingerprint density at radius 2 is 2.00 bits per heavy atom. The number of rotatable bonds is 7. The van der Waals surface area contributed by atoms with Crippen LogP contribution in [0.25, 0.3) is 6.08 Å². The Hall–Kier alpha value is -3.02. The number of ether oxygens (including phenoxy) is 2. The molecule has 3 rings (SSSR count). The second kappa shape index (κ2) is 9.45. The van der Waals surface area contributed by atoms with Crippen molar-refractivity contribution in [1.82, 2.24) is 4.90 Å². The molecule has 0 spiro atoms. The van der Waals surface area contributed by atoms with Crippen molar-refractivity contribution < 1.29 is 23.5 Å². The SMILES string of the molecule is CCOC(=O)C1(C/C=C/c2ccccc2)CCCN(C(=O)c2ccc(OC)o2)C1. The largest absolute Gasteiger partial charge is 0.468 e. The van der Waals surface area contributed by atoms with Crippen molar-refractivity contribution in [3.63, 3.8) is 0 Å². The third-order valence-corrected chi connectivity index (χ3v) is 5.18. The summed E-state index contributed by atoms with van der Waals surface area (Å²) in [6, 6.07) is 13.1. The van der Waals surface area contributed by atoms with Crippen molar-refractivity contribution in [1.29, 1.82) is 0 Å². The minimum absolute atomic E-state index is 0.210. The minimum atomic E-state index is -0.758.